The van der Waals surface area contributed by atoms with Gasteiger partial charge in [0.1, 0.15) is 0 Å². The minimum absolute atomic E-state index is 0.416. The van der Waals surface area contributed by atoms with E-state index >= 15 is 0 Å². The lowest BCUT2D eigenvalue weighted by Crippen LogP contribution is -2.28. The summed E-state index contributed by atoms with van der Waals surface area (Å²) in [6, 6.07) is 34.2. The molecule has 1 unspecified atom stereocenters. The van der Waals surface area contributed by atoms with Crippen LogP contribution in [0.1, 0.15) is 59.6 Å². The molecule has 1 atom stereocenters. The minimum atomic E-state index is -0.416. The van der Waals surface area contributed by atoms with Gasteiger partial charge >= 0.3 is 0 Å². The van der Waals surface area contributed by atoms with Crippen molar-refractivity contribution in [2.24, 2.45) is 0 Å². The van der Waals surface area contributed by atoms with Gasteiger partial charge in [-0.2, -0.15) is 0 Å². The Balaban J connectivity index is 1.07. The molecule has 270 valence electrons. The van der Waals surface area contributed by atoms with Gasteiger partial charge in [0.05, 0.1) is 11.1 Å². The zero-order valence-electron chi connectivity index (χ0n) is 31.5. The molecule has 0 saturated heterocycles. The van der Waals surface area contributed by atoms with Crippen molar-refractivity contribution in [3.05, 3.63) is 216 Å². The molecule has 1 aliphatic heterocycles. The Kier molecular flexibility index (Phi) is 7.93. The van der Waals surface area contributed by atoms with E-state index in [1.54, 1.807) is 6.08 Å². The van der Waals surface area contributed by atoms with E-state index in [4.69, 9.17) is 9.47 Å². The SMILES string of the molecule is C=C/C=C\C(=C)c1cc(Nc2cccc3c2Oc2ccc4c(c2O3)C2=C(C=CCC=C2)C42C3=C(CCC=C3)c3ccccc32)ccc1-c1ccccc1C(=C)C. The number of benzene rings is 5. The summed E-state index contributed by atoms with van der Waals surface area (Å²) in [7, 11) is 0. The van der Waals surface area contributed by atoms with E-state index in [2.05, 4.69) is 140 Å². The van der Waals surface area contributed by atoms with Crippen LogP contribution in [0.4, 0.5) is 11.4 Å². The van der Waals surface area contributed by atoms with Gasteiger partial charge in [0, 0.05) is 11.3 Å². The van der Waals surface area contributed by atoms with Crippen LogP contribution in [0.2, 0.25) is 0 Å². The summed E-state index contributed by atoms with van der Waals surface area (Å²) in [5.74, 6) is 2.78. The molecular weight excluding hydrogens is 683 g/mol. The van der Waals surface area contributed by atoms with E-state index in [9.17, 15) is 0 Å². The number of nitrogens with one attached hydrogen (secondary N) is 1. The Morgan fingerprint density at radius 1 is 0.714 bits per heavy atom. The summed E-state index contributed by atoms with van der Waals surface area (Å²) in [5.41, 5.74) is 17.9. The number of hydrogen-bond donors (Lipinski definition) is 1. The van der Waals surface area contributed by atoms with Gasteiger partial charge in [0.25, 0.3) is 0 Å². The average molecular weight is 724 g/mol. The van der Waals surface area contributed by atoms with Crippen LogP contribution >= 0.6 is 0 Å². The lowest BCUT2D eigenvalue weighted by atomic mass is 9.68. The van der Waals surface area contributed by atoms with Crippen LogP contribution in [0.15, 0.2) is 183 Å². The van der Waals surface area contributed by atoms with Crippen LogP contribution in [-0.2, 0) is 5.41 Å². The number of fused-ring (bicyclic) bond motifs is 11. The normalized spacial score (nSPS) is 18.0. The summed E-state index contributed by atoms with van der Waals surface area (Å²) in [6.45, 7) is 14.6. The van der Waals surface area contributed by atoms with E-state index in [1.807, 2.05) is 37.3 Å². The highest BCUT2D eigenvalue weighted by Crippen LogP contribution is 2.66. The maximum absolute atomic E-state index is 7.00. The third-order valence-electron chi connectivity index (χ3n) is 11.7. The van der Waals surface area contributed by atoms with Crippen molar-refractivity contribution in [2.45, 2.75) is 31.6 Å². The van der Waals surface area contributed by atoms with Gasteiger partial charge in [-0.1, -0.05) is 147 Å². The predicted molar refractivity (Wildman–Crippen MR) is 234 cm³/mol. The molecule has 0 amide bonds. The van der Waals surface area contributed by atoms with Crippen molar-refractivity contribution in [3.8, 4) is 34.1 Å². The fourth-order valence-corrected chi connectivity index (χ4v) is 9.40. The molecule has 1 N–H and O–H groups in total. The third kappa shape index (κ3) is 4.97. The fourth-order valence-electron chi connectivity index (χ4n) is 9.40. The molecule has 4 aliphatic carbocycles. The van der Waals surface area contributed by atoms with Crippen molar-refractivity contribution in [2.75, 3.05) is 5.32 Å². The van der Waals surface area contributed by atoms with Crippen molar-refractivity contribution < 1.29 is 9.47 Å². The largest absolute Gasteiger partial charge is 0.449 e. The number of allylic oxidation sites excluding steroid dienone is 15. The van der Waals surface area contributed by atoms with Crippen LogP contribution < -0.4 is 14.8 Å². The second-order valence-electron chi connectivity index (χ2n) is 15.0. The third-order valence-corrected chi connectivity index (χ3v) is 11.7. The number of anilines is 2. The topological polar surface area (TPSA) is 30.5 Å². The van der Waals surface area contributed by atoms with Crippen LogP contribution in [0.25, 0.3) is 33.4 Å². The van der Waals surface area contributed by atoms with Gasteiger partial charge in [-0.25, -0.2) is 0 Å². The standard InChI is InChI=1S/C53H41NO2/c1-5-6-17-34(4)42-32-35(28-29-38(42)37-19-11-10-18-36(37)33(2)3)54-47-26-16-27-48-51(47)55-49-31-30-46-50(52(49)56-48)41-22-8-7-9-23-45(41)53(46)43-24-14-12-20-39(43)40-21-13-15-25-44(40)53/h5-6,8-12,14-20,22-32,54H,1-2,4,7,13,21H2,3H3/b17-6-. The first kappa shape index (κ1) is 33.7. The molecule has 10 rings (SSSR count). The van der Waals surface area contributed by atoms with Crippen LogP contribution in [0, 0.1) is 0 Å². The minimum Gasteiger partial charge on any atom is -0.449 e. The number of rotatable bonds is 7. The van der Waals surface area contributed by atoms with Crippen molar-refractivity contribution >= 4 is 33.7 Å². The fraction of sp³-hybridized carbons (Fsp3) is 0.0943. The second kappa shape index (κ2) is 13.2. The zero-order chi connectivity index (χ0) is 38.0. The zero-order valence-corrected chi connectivity index (χ0v) is 31.5. The molecule has 5 aliphatic rings. The molecule has 3 nitrogen and oxygen atoms in total. The number of ether oxygens (including phenoxy) is 2. The van der Waals surface area contributed by atoms with E-state index in [0.717, 1.165) is 75.4 Å². The molecule has 0 aromatic heterocycles. The van der Waals surface area contributed by atoms with E-state index in [-0.39, 0.29) is 0 Å². The van der Waals surface area contributed by atoms with Crippen LogP contribution in [0.3, 0.4) is 0 Å². The monoisotopic (exact) mass is 723 g/mol. The van der Waals surface area contributed by atoms with E-state index in [1.165, 1.54) is 39.0 Å². The Morgan fingerprint density at radius 3 is 2.36 bits per heavy atom. The summed E-state index contributed by atoms with van der Waals surface area (Å²) in [6.07, 6.45) is 22.6. The van der Waals surface area contributed by atoms with Gasteiger partial charge in [0.2, 0.25) is 0 Å². The van der Waals surface area contributed by atoms with Crippen molar-refractivity contribution in [1.29, 1.82) is 0 Å². The van der Waals surface area contributed by atoms with Gasteiger partial charge in [-0.15, -0.1) is 0 Å². The average Bonchev–Trinajstić information content (AvgIpc) is 3.54. The highest BCUT2D eigenvalue weighted by molar-refractivity contribution is 6.01. The molecule has 5 aromatic carbocycles. The quantitative estimate of drug-likeness (QED) is 0.166. The van der Waals surface area contributed by atoms with Gasteiger partial charge < -0.3 is 14.8 Å². The molecule has 3 heteroatoms. The van der Waals surface area contributed by atoms with Crippen LogP contribution in [0.5, 0.6) is 23.0 Å². The Bertz CT molecular complexity index is 2760. The number of para-hydroxylation sites is 1. The van der Waals surface area contributed by atoms with Crippen LogP contribution in [-0.4, -0.2) is 0 Å². The first-order valence-corrected chi connectivity index (χ1v) is 19.4. The highest BCUT2D eigenvalue weighted by atomic mass is 16.6. The molecule has 56 heavy (non-hydrogen) atoms. The predicted octanol–water partition coefficient (Wildman–Crippen LogP) is 14.5. The lowest BCUT2D eigenvalue weighted by Gasteiger charge is -2.34. The van der Waals surface area contributed by atoms with Crippen molar-refractivity contribution in [3.63, 3.8) is 0 Å². The summed E-state index contributed by atoms with van der Waals surface area (Å²) < 4.78 is 13.9. The maximum atomic E-state index is 7.00. The Labute approximate surface area is 329 Å². The lowest BCUT2D eigenvalue weighted by molar-refractivity contribution is 0.360. The maximum Gasteiger partial charge on any atom is 0.193 e. The van der Waals surface area contributed by atoms with Gasteiger partial charge in [-0.3, -0.25) is 0 Å². The van der Waals surface area contributed by atoms with E-state index in [0.29, 0.717) is 17.2 Å². The summed E-state index contributed by atoms with van der Waals surface area (Å²) in [4.78, 5) is 0. The van der Waals surface area contributed by atoms with Gasteiger partial charge in [0.15, 0.2) is 23.0 Å². The summed E-state index contributed by atoms with van der Waals surface area (Å²) in [5, 5.41) is 3.67. The first-order valence-electron chi connectivity index (χ1n) is 19.4. The molecule has 5 aromatic rings. The molecule has 1 heterocycles. The van der Waals surface area contributed by atoms with E-state index < -0.39 is 5.41 Å². The first-order chi connectivity index (χ1) is 27.5. The summed E-state index contributed by atoms with van der Waals surface area (Å²) >= 11 is 0. The number of hydrogen-bond acceptors (Lipinski definition) is 3. The molecule has 0 fully saturated rings. The molecule has 0 bridgehead atoms. The Morgan fingerprint density at radius 2 is 1.48 bits per heavy atom. The molecule has 0 saturated carbocycles. The Hall–Kier alpha value is -6.84. The smallest absolute Gasteiger partial charge is 0.193 e. The van der Waals surface area contributed by atoms with Gasteiger partial charge in [-0.05, 0) is 123 Å². The van der Waals surface area contributed by atoms with Crippen molar-refractivity contribution in [1.82, 2.24) is 0 Å². The molecular formula is C53H41NO2. The molecule has 0 radical (unpaired) electrons. The second-order valence-corrected chi connectivity index (χ2v) is 15.0. The highest BCUT2D eigenvalue weighted by Gasteiger charge is 2.54. The molecule has 1 spiro atoms.